The van der Waals surface area contributed by atoms with E-state index in [1.807, 2.05) is 23.9 Å². The Morgan fingerprint density at radius 2 is 0.907 bits per heavy atom. The molecule has 4 aromatic carbocycles. The molecule has 0 bridgehead atoms. The van der Waals surface area contributed by atoms with Crippen LogP contribution in [0.25, 0.3) is 0 Å². The van der Waals surface area contributed by atoms with Crippen LogP contribution < -0.4 is 0 Å². The van der Waals surface area contributed by atoms with Gasteiger partial charge in [0.05, 0.1) is 0 Å². The SMILES string of the molecule is CCCCCCCCC1c2ccc(C)cc2SCC1(C)c1ccc(C)cc1.CCCCCCCC[C@@H]1c2ccc(O)cc2SC[C@]1(C)c1ccc(O)cc1. The van der Waals surface area contributed by atoms with Crippen LogP contribution in [-0.2, 0) is 10.8 Å². The van der Waals surface area contributed by atoms with Gasteiger partial charge in [-0.3, -0.25) is 0 Å². The number of aromatic hydroxyl groups is 2. The Bertz CT molecular complexity index is 1600. The van der Waals surface area contributed by atoms with Crippen molar-refractivity contribution in [2.75, 3.05) is 11.5 Å². The molecule has 4 heteroatoms. The summed E-state index contributed by atoms with van der Waals surface area (Å²) < 4.78 is 0. The monoisotopic (exact) mass is 764 g/mol. The van der Waals surface area contributed by atoms with Gasteiger partial charge in [-0.25, -0.2) is 0 Å². The average Bonchev–Trinajstić information content (AvgIpc) is 3.16. The summed E-state index contributed by atoms with van der Waals surface area (Å²) in [5.41, 5.74) is 8.77. The van der Waals surface area contributed by atoms with E-state index >= 15 is 0 Å². The summed E-state index contributed by atoms with van der Waals surface area (Å²) in [7, 11) is 0. The number of phenolic OH excluding ortho intramolecular Hbond substituents is 2. The molecular weight excluding hydrogens is 697 g/mol. The molecular formula is C50H68O2S2. The molecule has 0 amide bonds. The number of unbranched alkanes of at least 4 members (excludes halogenated alkanes) is 10. The lowest BCUT2D eigenvalue weighted by Gasteiger charge is -2.43. The van der Waals surface area contributed by atoms with Gasteiger partial charge in [0.25, 0.3) is 0 Å². The van der Waals surface area contributed by atoms with Gasteiger partial charge < -0.3 is 10.2 Å². The number of phenols is 2. The Hall–Kier alpha value is -2.82. The van der Waals surface area contributed by atoms with Crippen molar-refractivity contribution in [1.82, 2.24) is 0 Å². The number of benzene rings is 4. The molecule has 0 saturated heterocycles. The third-order valence-electron chi connectivity index (χ3n) is 12.4. The van der Waals surface area contributed by atoms with Crippen LogP contribution >= 0.6 is 23.5 Å². The lowest BCUT2D eigenvalue weighted by Crippen LogP contribution is -2.36. The van der Waals surface area contributed by atoms with E-state index < -0.39 is 0 Å². The zero-order valence-corrected chi connectivity index (χ0v) is 35.9. The first-order valence-electron chi connectivity index (χ1n) is 21.1. The smallest absolute Gasteiger partial charge is 0.116 e. The first kappa shape index (κ1) is 42.3. The fourth-order valence-corrected chi connectivity index (χ4v) is 11.8. The zero-order chi connectivity index (χ0) is 38.6. The van der Waals surface area contributed by atoms with Crippen molar-refractivity contribution in [1.29, 1.82) is 0 Å². The van der Waals surface area contributed by atoms with Crippen molar-refractivity contribution >= 4 is 23.5 Å². The molecule has 6 rings (SSSR count). The van der Waals surface area contributed by atoms with E-state index in [0.717, 1.165) is 5.75 Å². The van der Waals surface area contributed by atoms with Gasteiger partial charge in [-0.05, 0) is 91.1 Å². The highest BCUT2D eigenvalue weighted by Crippen LogP contribution is 2.54. The van der Waals surface area contributed by atoms with Crippen molar-refractivity contribution in [3.63, 3.8) is 0 Å². The second-order valence-corrected chi connectivity index (χ2v) is 18.8. The highest BCUT2D eigenvalue weighted by Gasteiger charge is 2.42. The van der Waals surface area contributed by atoms with Crippen LogP contribution in [0.3, 0.4) is 0 Å². The molecule has 2 unspecified atom stereocenters. The standard InChI is InChI=1S/C26H36S.C24H32O2S/c1-5-6-7-8-9-10-11-24-23-17-14-21(3)18-25(23)27-19-26(24,4)22-15-12-20(2)13-16-22;1-3-4-5-6-7-8-9-22-21-15-14-20(26)16-23(21)27-17-24(22,2)18-10-12-19(25)13-11-18/h12-18,24H,5-11,19H2,1-4H3;10-16,22,25-26H,3-9,17H2,1-2H3/t;22-,24-/m.1/s1. The maximum atomic E-state index is 9.91. The van der Waals surface area contributed by atoms with E-state index in [4.69, 9.17) is 0 Å². The number of thioether (sulfide) groups is 2. The lowest BCUT2D eigenvalue weighted by molar-refractivity contribution is 0.371. The van der Waals surface area contributed by atoms with Crippen molar-refractivity contribution in [2.45, 2.75) is 164 Å². The quantitative estimate of drug-likeness (QED) is 0.112. The maximum Gasteiger partial charge on any atom is 0.116 e. The van der Waals surface area contributed by atoms with E-state index in [1.165, 1.54) is 133 Å². The van der Waals surface area contributed by atoms with Gasteiger partial charge in [0.2, 0.25) is 0 Å². The summed E-state index contributed by atoms with van der Waals surface area (Å²) in [6, 6.07) is 30.1. The Labute approximate surface area is 337 Å². The molecule has 0 saturated carbocycles. The highest BCUT2D eigenvalue weighted by molar-refractivity contribution is 7.99. The van der Waals surface area contributed by atoms with Crippen molar-refractivity contribution in [3.8, 4) is 11.5 Å². The van der Waals surface area contributed by atoms with Crippen LogP contribution in [-0.4, -0.2) is 21.7 Å². The number of hydrogen-bond acceptors (Lipinski definition) is 4. The van der Waals surface area contributed by atoms with Crippen molar-refractivity contribution in [3.05, 3.63) is 118 Å². The van der Waals surface area contributed by atoms with E-state index in [1.54, 1.807) is 17.7 Å². The fourth-order valence-electron chi connectivity index (χ4n) is 8.88. The first-order valence-corrected chi connectivity index (χ1v) is 23.1. The minimum Gasteiger partial charge on any atom is -0.508 e. The molecule has 2 aliphatic rings. The maximum absolute atomic E-state index is 9.91. The summed E-state index contributed by atoms with van der Waals surface area (Å²) in [6.07, 6.45) is 18.6. The molecule has 4 atom stereocenters. The van der Waals surface area contributed by atoms with Gasteiger partial charge in [-0.2, -0.15) is 0 Å². The highest BCUT2D eigenvalue weighted by atomic mass is 32.2. The molecule has 0 spiro atoms. The summed E-state index contributed by atoms with van der Waals surface area (Å²) >= 11 is 3.90. The molecule has 0 radical (unpaired) electrons. The van der Waals surface area contributed by atoms with Crippen LogP contribution in [0.5, 0.6) is 11.5 Å². The minimum atomic E-state index is 0.0335. The van der Waals surface area contributed by atoms with Gasteiger partial charge >= 0.3 is 0 Å². The molecule has 2 nitrogen and oxygen atoms in total. The van der Waals surface area contributed by atoms with Gasteiger partial charge in [0, 0.05) is 32.1 Å². The number of hydrogen-bond donors (Lipinski definition) is 2. The van der Waals surface area contributed by atoms with Crippen LogP contribution in [0.1, 0.15) is 163 Å². The zero-order valence-electron chi connectivity index (χ0n) is 34.3. The number of rotatable bonds is 16. The van der Waals surface area contributed by atoms with Crippen molar-refractivity contribution < 1.29 is 10.2 Å². The Kier molecular flexibility index (Phi) is 16.0. The summed E-state index contributed by atoms with van der Waals surface area (Å²) in [5, 5.41) is 19.6. The summed E-state index contributed by atoms with van der Waals surface area (Å²) in [5.74, 6) is 3.92. The Morgan fingerprint density at radius 1 is 0.500 bits per heavy atom. The predicted molar refractivity (Wildman–Crippen MR) is 236 cm³/mol. The molecule has 0 fully saturated rings. The van der Waals surface area contributed by atoms with E-state index in [9.17, 15) is 10.2 Å². The number of aryl methyl sites for hydroxylation is 2. The van der Waals surface area contributed by atoms with E-state index in [-0.39, 0.29) is 10.8 Å². The lowest BCUT2D eigenvalue weighted by atomic mass is 9.67. The van der Waals surface area contributed by atoms with E-state index in [0.29, 0.717) is 23.3 Å². The molecule has 0 aromatic heterocycles. The third-order valence-corrected chi connectivity index (χ3v) is 15.3. The normalized spacial score (nSPS) is 21.8. The minimum absolute atomic E-state index is 0.0335. The molecule has 0 aliphatic carbocycles. The molecule has 292 valence electrons. The van der Waals surface area contributed by atoms with Gasteiger partial charge in [-0.15, -0.1) is 23.5 Å². The number of fused-ring (bicyclic) bond motifs is 2. The average molecular weight is 765 g/mol. The second-order valence-electron chi connectivity index (χ2n) is 16.8. The molecule has 54 heavy (non-hydrogen) atoms. The Morgan fingerprint density at radius 3 is 1.43 bits per heavy atom. The van der Waals surface area contributed by atoms with Gasteiger partial charge in [-0.1, -0.05) is 170 Å². The van der Waals surface area contributed by atoms with Crippen LogP contribution in [0.4, 0.5) is 0 Å². The summed E-state index contributed by atoms with van der Waals surface area (Å²) in [4.78, 5) is 2.75. The van der Waals surface area contributed by atoms with E-state index in [2.05, 4.69) is 114 Å². The van der Waals surface area contributed by atoms with Crippen LogP contribution in [0.15, 0.2) is 94.7 Å². The second kappa shape index (κ2) is 20.4. The van der Waals surface area contributed by atoms with Gasteiger partial charge in [0.1, 0.15) is 11.5 Å². The first-order chi connectivity index (χ1) is 26.1. The molecule has 2 aliphatic heterocycles. The van der Waals surface area contributed by atoms with Gasteiger partial charge in [0.15, 0.2) is 0 Å². The van der Waals surface area contributed by atoms with Crippen molar-refractivity contribution in [2.24, 2.45) is 0 Å². The largest absolute Gasteiger partial charge is 0.508 e. The molecule has 2 heterocycles. The van der Waals surface area contributed by atoms with Crippen LogP contribution in [0, 0.1) is 13.8 Å². The summed E-state index contributed by atoms with van der Waals surface area (Å²) in [6.45, 7) is 13.8. The third kappa shape index (κ3) is 10.7. The molecule has 2 N–H and O–H groups in total. The fraction of sp³-hybridized carbons (Fsp3) is 0.520. The predicted octanol–water partition coefficient (Wildman–Crippen LogP) is 15.2. The Balaban J connectivity index is 0.000000208. The van der Waals surface area contributed by atoms with Crippen LogP contribution in [0.2, 0.25) is 0 Å². The molecule has 4 aromatic rings. The topological polar surface area (TPSA) is 40.5 Å².